The summed E-state index contributed by atoms with van der Waals surface area (Å²) in [6.45, 7) is 7.99. The fourth-order valence-corrected chi connectivity index (χ4v) is 1.38. The lowest BCUT2D eigenvalue weighted by atomic mass is 10.0. The molecule has 2 amide bonds. The summed E-state index contributed by atoms with van der Waals surface area (Å²) in [5.41, 5.74) is 0. The molecular formula is C13H23N3O3. The van der Waals surface area contributed by atoms with E-state index in [0.29, 0.717) is 13.0 Å². The highest BCUT2D eigenvalue weighted by atomic mass is 16.5. The van der Waals surface area contributed by atoms with Crippen LogP contribution in [0.3, 0.4) is 0 Å². The molecule has 0 aromatic heterocycles. The number of nitrogens with one attached hydrogen (secondary N) is 2. The lowest BCUT2D eigenvalue weighted by molar-refractivity contribution is -0.123. The Morgan fingerprint density at radius 1 is 1.21 bits per heavy atom. The summed E-state index contributed by atoms with van der Waals surface area (Å²) in [6, 6.07) is 1.15. The molecule has 0 fully saturated rings. The number of rotatable bonds is 7. The maximum absolute atomic E-state index is 11.8. The summed E-state index contributed by atoms with van der Waals surface area (Å²) in [6.07, 6.45) is -0.111. The van der Waals surface area contributed by atoms with Gasteiger partial charge >= 0.3 is 6.09 Å². The van der Waals surface area contributed by atoms with E-state index in [2.05, 4.69) is 10.6 Å². The van der Waals surface area contributed by atoms with E-state index in [-0.39, 0.29) is 24.3 Å². The molecule has 1 unspecified atom stereocenters. The van der Waals surface area contributed by atoms with E-state index in [0.717, 1.165) is 0 Å². The van der Waals surface area contributed by atoms with E-state index >= 15 is 0 Å². The second kappa shape index (κ2) is 9.20. The van der Waals surface area contributed by atoms with Gasteiger partial charge in [-0.1, -0.05) is 27.7 Å². The number of carbonyl (C=O) groups is 2. The van der Waals surface area contributed by atoms with Gasteiger partial charge in [-0.2, -0.15) is 5.26 Å². The first-order valence-electron chi connectivity index (χ1n) is 6.44. The molecular weight excluding hydrogens is 246 g/mol. The number of carbonyl (C=O) groups excluding carboxylic acids is 2. The van der Waals surface area contributed by atoms with E-state index < -0.39 is 12.1 Å². The molecule has 0 aromatic rings. The molecule has 0 radical (unpaired) electrons. The molecule has 0 rings (SSSR count). The first kappa shape index (κ1) is 17.2. The van der Waals surface area contributed by atoms with Crippen molar-refractivity contribution in [2.45, 2.75) is 40.2 Å². The Balaban J connectivity index is 4.38. The zero-order chi connectivity index (χ0) is 14.8. The van der Waals surface area contributed by atoms with Crippen LogP contribution in [0.4, 0.5) is 4.79 Å². The van der Waals surface area contributed by atoms with Crippen molar-refractivity contribution in [2.75, 3.05) is 13.2 Å². The number of nitriles is 1. The van der Waals surface area contributed by atoms with Crippen LogP contribution in [0.25, 0.3) is 0 Å². The molecule has 108 valence electrons. The van der Waals surface area contributed by atoms with Crippen molar-refractivity contribution in [3.05, 3.63) is 0 Å². The number of amides is 2. The van der Waals surface area contributed by atoms with E-state index in [9.17, 15) is 9.59 Å². The number of hydrogen-bond donors (Lipinski definition) is 2. The van der Waals surface area contributed by atoms with Gasteiger partial charge in [-0.05, 0) is 18.3 Å². The molecule has 0 aliphatic carbocycles. The van der Waals surface area contributed by atoms with Gasteiger partial charge in [0.2, 0.25) is 5.91 Å². The van der Waals surface area contributed by atoms with Crippen molar-refractivity contribution in [2.24, 2.45) is 11.8 Å². The molecule has 2 N–H and O–H groups in total. The van der Waals surface area contributed by atoms with Crippen LogP contribution in [-0.2, 0) is 9.53 Å². The Hall–Kier alpha value is -1.77. The molecule has 0 heterocycles. The summed E-state index contributed by atoms with van der Waals surface area (Å²) < 4.78 is 4.98. The molecule has 0 aromatic carbocycles. The van der Waals surface area contributed by atoms with E-state index in [4.69, 9.17) is 10.00 Å². The van der Waals surface area contributed by atoms with Gasteiger partial charge in [0.05, 0.1) is 12.7 Å². The van der Waals surface area contributed by atoms with Crippen LogP contribution >= 0.6 is 0 Å². The lowest BCUT2D eigenvalue weighted by Crippen LogP contribution is -2.47. The first-order valence-corrected chi connectivity index (χ1v) is 6.44. The Kier molecular flexibility index (Phi) is 8.34. The zero-order valence-corrected chi connectivity index (χ0v) is 12.0. The Bertz CT molecular complexity index is 335. The molecule has 1 atom stereocenters. The smallest absolute Gasteiger partial charge is 0.407 e. The summed E-state index contributed by atoms with van der Waals surface area (Å²) >= 11 is 0. The van der Waals surface area contributed by atoms with Gasteiger partial charge in [0.25, 0.3) is 0 Å². The molecule has 6 heteroatoms. The third-order valence-electron chi connectivity index (χ3n) is 2.21. The average molecular weight is 269 g/mol. The Morgan fingerprint density at radius 3 is 2.32 bits per heavy atom. The third-order valence-corrected chi connectivity index (χ3v) is 2.21. The SMILES string of the molecule is CC(C)COC(=O)NC(CC(C)C)C(=O)NCC#N. The van der Waals surface area contributed by atoms with Gasteiger partial charge in [-0.25, -0.2) is 4.79 Å². The van der Waals surface area contributed by atoms with Gasteiger partial charge in [0.15, 0.2) is 0 Å². The molecule has 0 aliphatic rings. The largest absolute Gasteiger partial charge is 0.449 e. The zero-order valence-electron chi connectivity index (χ0n) is 12.0. The second-order valence-corrected chi connectivity index (χ2v) is 5.19. The minimum atomic E-state index is -0.673. The van der Waals surface area contributed by atoms with Crippen molar-refractivity contribution < 1.29 is 14.3 Å². The average Bonchev–Trinajstić information content (AvgIpc) is 2.32. The fraction of sp³-hybridized carbons (Fsp3) is 0.769. The predicted octanol–water partition coefficient (Wildman–Crippen LogP) is 1.42. The maximum atomic E-state index is 11.8. The Labute approximate surface area is 114 Å². The summed E-state index contributed by atoms with van der Waals surface area (Å²) in [4.78, 5) is 23.3. The number of ether oxygens (including phenoxy) is 1. The molecule has 19 heavy (non-hydrogen) atoms. The lowest BCUT2D eigenvalue weighted by Gasteiger charge is -2.19. The number of hydrogen-bond acceptors (Lipinski definition) is 4. The van der Waals surface area contributed by atoms with Crippen LogP contribution in [0.2, 0.25) is 0 Å². The van der Waals surface area contributed by atoms with Crippen molar-refractivity contribution in [3.8, 4) is 6.07 Å². The molecule has 0 bridgehead atoms. The van der Waals surface area contributed by atoms with Gasteiger partial charge in [0.1, 0.15) is 12.6 Å². The summed E-state index contributed by atoms with van der Waals surface area (Å²) in [5, 5.41) is 13.4. The first-order chi connectivity index (χ1) is 8.86. The highest BCUT2D eigenvalue weighted by molar-refractivity contribution is 5.85. The van der Waals surface area contributed by atoms with Crippen molar-refractivity contribution >= 4 is 12.0 Å². The highest BCUT2D eigenvalue weighted by Gasteiger charge is 2.22. The third kappa shape index (κ3) is 8.89. The van der Waals surface area contributed by atoms with E-state index in [1.54, 1.807) is 0 Å². The standard InChI is InChI=1S/C13H23N3O3/c1-9(2)7-11(12(17)15-6-5-14)16-13(18)19-8-10(3)4/h9-11H,6-8H2,1-4H3,(H,15,17)(H,16,18). The highest BCUT2D eigenvalue weighted by Crippen LogP contribution is 2.05. The second-order valence-electron chi connectivity index (χ2n) is 5.19. The van der Waals surface area contributed by atoms with E-state index in [1.807, 2.05) is 33.8 Å². The fourth-order valence-electron chi connectivity index (χ4n) is 1.38. The van der Waals surface area contributed by atoms with Crippen molar-refractivity contribution in [3.63, 3.8) is 0 Å². The summed E-state index contributed by atoms with van der Waals surface area (Å²) in [5.74, 6) is 0.113. The molecule has 6 nitrogen and oxygen atoms in total. The van der Waals surface area contributed by atoms with Crippen LogP contribution in [0.15, 0.2) is 0 Å². The summed E-state index contributed by atoms with van der Waals surface area (Å²) in [7, 11) is 0. The van der Waals surface area contributed by atoms with Crippen LogP contribution < -0.4 is 10.6 Å². The molecule has 0 aliphatic heterocycles. The molecule has 0 saturated heterocycles. The minimum Gasteiger partial charge on any atom is -0.449 e. The van der Waals surface area contributed by atoms with Crippen molar-refractivity contribution in [1.29, 1.82) is 5.26 Å². The Morgan fingerprint density at radius 2 is 1.84 bits per heavy atom. The molecule has 0 saturated carbocycles. The van der Waals surface area contributed by atoms with Crippen LogP contribution in [0.1, 0.15) is 34.1 Å². The van der Waals surface area contributed by atoms with Crippen molar-refractivity contribution in [1.82, 2.24) is 10.6 Å². The normalized spacial score (nSPS) is 11.8. The van der Waals surface area contributed by atoms with Gasteiger partial charge in [0, 0.05) is 0 Å². The quantitative estimate of drug-likeness (QED) is 0.684. The van der Waals surface area contributed by atoms with Crippen LogP contribution in [0.5, 0.6) is 0 Å². The minimum absolute atomic E-state index is 0.0733. The monoisotopic (exact) mass is 269 g/mol. The maximum Gasteiger partial charge on any atom is 0.407 e. The van der Waals surface area contributed by atoms with Crippen LogP contribution in [0, 0.1) is 23.2 Å². The van der Waals surface area contributed by atoms with Gasteiger partial charge in [-0.15, -0.1) is 0 Å². The van der Waals surface area contributed by atoms with Crippen LogP contribution in [-0.4, -0.2) is 31.2 Å². The number of alkyl carbamates (subject to hydrolysis) is 1. The van der Waals surface area contributed by atoms with Gasteiger partial charge in [-0.3, -0.25) is 4.79 Å². The predicted molar refractivity (Wildman–Crippen MR) is 71.2 cm³/mol. The van der Waals surface area contributed by atoms with Gasteiger partial charge < -0.3 is 15.4 Å². The van der Waals surface area contributed by atoms with E-state index in [1.165, 1.54) is 0 Å². The topological polar surface area (TPSA) is 91.2 Å². The number of nitrogens with zero attached hydrogens (tertiary/aromatic N) is 1. The molecule has 0 spiro atoms.